The van der Waals surface area contributed by atoms with E-state index in [1.54, 1.807) is 0 Å². The summed E-state index contributed by atoms with van der Waals surface area (Å²) in [4.78, 5) is 14.9. The molecule has 4 heteroatoms. The molecule has 2 aromatic rings. The van der Waals surface area contributed by atoms with Gasteiger partial charge in [0.2, 0.25) is 0 Å². The molecule has 0 aromatic carbocycles. The first-order valence-corrected chi connectivity index (χ1v) is 7.24. The highest BCUT2D eigenvalue weighted by atomic mass is 15.1. The van der Waals surface area contributed by atoms with Crippen LogP contribution in [0, 0.1) is 11.8 Å². The van der Waals surface area contributed by atoms with E-state index in [-0.39, 0.29) is 0 Å². The van der Waals surface area contributed by atoms with Gasteiger partial charge < -0.3 is 9.88 Å². The third-order valence-corrected chi connectivity index (χ3v) is 4.90. The van der Waals surface area contributed by atoms with E-state index in [2.05, 4.69) is 16.0 Å². The standard InChI is InChI=1S/C15H20N4/c1-19(2)13-6-5-12-15(17-13)18-14(16-12)11-8-9-3-4-10(11)7-9/h5-6,9-11H,3-4,7-8H2,1-2H3,(H,16,17,18). The summed E-state index contributed by atoms with van der Waals surface area (Å²) in [5, 5.41) is 0. The maximum absolute atomic E-state index is 4.76. The van der Waals surface area contributed by atoms with Crippen LogP contribution in [0.5, 0.6) is 0 Å². The molecule has 100 valence electrons. The van der Waals surface area contributed by atoms with Crippen LogP contribution >= 0.6 is 0 Å². The van der Waals surface area contributed by atoms with Gasteiger partial charge in [-0.15, -0.1) is 0 Å². The van der Waals surface area contributed by atoms with Gasteiger partial charge in [0.25, 0.3) is 0 Å². The summed E-state index contributed by atoms with van der Waals surface area (Å²) in [6.07, 6.45) is 5.57. The van der Waals surface area contributed by atoms with Crippen LogP contribution in [0.4, 0.5) is 5.82 Å². The summed E-state index contributed by atoms with van der Waals surface area (Å²) in [6, 6.07) is 4.15. The third-order valence-electron chi connectivity index (χ3n) is 4.90. The minimum atomic E-state index is 0.649. The lowest BCUT2D eigenvalue weighted by atomic mass is 9.88. The van der Waals surface area contributed by atoms with E-state index < -0.39 is 0 Å². The van der Waals surface area contributed by atoms with Crippen molar-refractivity contribution in [2.75, 3.05) is 19.0 Å². The first kappa shape index (κ1) is 11.3. The zero-order chi connectivity index (χ0) is 13.0. The number of rotatable bonds is 2. The van der Waals surface area contributed by atoms with Gasteiger partial charge in [-0.05, 0) is 43.2 Å². The second kappa shape index (κ2) is 3.95. The van der Waals surface area contributed by atoms with Gasteiger partial charge in [0.1, 0.15) is 11.6 Å². The van der Waals surface area contributed by atoms with Gasteiger partial charge in [-0.25, -0.2) is 9.97 Å². The first-order chi connectivity index (χ1) is 9.20. The van der Waals surface area contributed by atoms with Crippen LogP contribution in [0.3, 0.4) is 0 Å². The van der Waals surface area contributed by atoms with Crippen molar-refractivity contribution in [2.24, 2.45) is 11.8 Å². The van der Waals surface area contributed by atoms with Crippen LogP contribution in [0.15, 0.2) is 12.1 Å². The Hall–Kier alpha value is -1.58. The highest BCUT2D eigenvalue weighted by Crippen LogP contribution is 2.52. The maximum atomic E-state index is 4.76. The third kappa shape index (κ3) is 1.73. The minimum absolute atomic E-state index is 0.649. The van der Waals surface area contributed by atoms with Gasteiger partial charge in [-0.1, -0.05) is 6.42 Å². The number of hydrogen-bond acceptors (Lipinski definition) is 3. The van der Waals surface area contributed by atoms with Crippen molar-refractivity contribution in [3.8, 4) is 0 Å². The number of aromatic amines is 1. The fraction of sp³-hybridized carbons (Fsp3) is 0.600. The Morgan fingerprint density at radius 1 is 1.16 bits per heavy atom. The van der Waals surface area contributed by atoms with Crippen molar-refractivity contribution >= 4 is 17.0 Å². The highest BCUT2D eigenvalue weighted by Gasteiger charge is 2.41. The molecule has 0 amide bonds. The molecule has 19 heavy (non-hydrogen) atoms. The van der Waals surface area contributed by atoms with Crippen LogP contribution < -0.4 is 4.90 Å². The van der Waals surface area contributed by atoms with Crippen LogP contribution in [-0.2, 0) is 0 Å². The van der Waals surface area contributed by atoms with Gasteiger partial charge in [0, 0.05) is 20.0 Å². The normalized spacial score (nSPS) is 29.3. The maximum Gasteiger partial charge on any atom is 0.179 e. The van der Waals surface area contributed by atoms with Crippen LogP contribution in [0.25, 0.3) is 11.2 Å². The Labute approximate surface area is 113 Å². The Morgan fingerprint density at radius 2 is 2.05 bits per heavy atom. The summed E-state index contributed by atoms with van der Waals surface area (Å²) in [5.41, 5.74) is 1.94. The molecule has 0 spiro atoms. The Bertz CT molecular complexity index is 616. The number of H-pyrrole nitrogens is 1. The first-order valence-electron chi connectivity index (χ1n) is 7.24. The van der Waals surface area contributed by atoms with E-state index >= 15 is 0 Å². The van der Waals surface area contributed by atoms with E-state index in [9.17, 15) is 0 Å². The van der Waals surface area contributed by atoms with Gasteiger partial charge in [-0.2, -0.15) is 0 Å². The molecule has 2 aliphatic rings. The van der Waals surface area contributed by atoms with Crippen LogP contribution in [0.2, 0.25) is 0 Å². The van der Waals surface area contributed by atoms with Crippen molar-refractivity contribution in [1.82, 2.24) is 15.0 Å². The van der Waals surface area contributed by atoms with Crippen LogP contribution in [-0.4, -0.2) is 29.0 Å². The molecule has 4 nitrogen and oxygen atoms in total. The molecule has 0 saturated heterocycles. The molecule has 3 unspecified atom stereocenters. The second-order valence-corrected chi connectivity index (χ2v) is 6.34. The number of aromatic nitrogens is 3. The fourth-order valence-electron chi connectivity index (χ4n) is 3.91. The Kier molecular flexibility index (Phi) is 2.34. The molecule has 2 saturated carbocycles. The highest BCUT2D eigenvalue weighted by molar-refractivity contribution is 5.73. The van der Waals surface area contributed by atoms with E-state index in [0.29, 0.717) is 5.92 Å². The average molecular weight is 256 g/mol. The lowest BCUT2D eigenvalue weighted by Crippen LogP contribution is -2.10. The molecule has 2 bridgehead atoms. The number of anilines is 1. The van der Waals surface area contributed by atoms with Crippen molar-refractivity contribution in [2.45, 2.75) is 31.6 Å². The van der Waals surface area contributed by atoms with E-state index in [1.807, 2.05) is 25.1 Å². The van der Waals surface area contributed by atoms with E-state index in [1.165, 1.54) is 31.5 Å². The van der Waals surface area contributed by atoms with Crippen LogP contribution in [0.1, 0.15) is 37.4 Å². The topological polar surface area (TPSA) is 44.8 Å². The number of hydrogen-bond donors (Lipinski definition) is 1. The molecule has 1 N–H and O–H groups in total. The lowest BCUT2D eigenvalue weighted by molar-refractivity contribution is 0.408. The minimum Gasteiger partial charge on any atom is -0.363 e. The number of imidazole rings is 1. The summed E-state index contributed by atoms with van der Waals surface area (Å²) in [6.45, 7) is 0. The SMILES string of the molecule is CN(C)c1ccc2[nH]c(C3CC4CCC3C4)nc2n1. The molecular formula is C15H20N4. The van der Waals surface area contributed by atoms with Crippen molar-refractivity contribution in [1.29, 1.82) is 0 Å². The zero-order valence-corrected chi connectivity index (χ0v) is 11.6. The molecule has 0 radical (unpaired) electrons. The largest absolute Gasteiger partial charge is 0.363 e. The summed E-state index contributed by atoms with van der Waals surface area (Å²) >= 11 is 0. The lowest BCUT2D eigenvalue weighted by Gasteiger charge is -2.18. The second-order valence-electron chi connectivity index (χ2n) is 6.34. The van der Waals surface area contributed by atoms with Crippen molar-refractivity contribution in [3.05, 3.63) is 18.0 Å². The van der Waals surface area contributed by atoms with Gasteiger partial charge in [-0.3, -0.25) is 0 Å². The summed E-state index contributed by atoms with van der Waals surface area (Å²) in [5.74, 6) is 4.60. The number of nitrogens with one attached hydrogen (secondary N) is 1. The Balaban J connectivity index is 1.72. The summed E-state index contributed by atoms with van der Waals surface area (Å²) < 4.78 is 0. The monoisotopic (exact) mass is 256 g/mol. The number of pyridine rings is 1. The quantitative estimate of drug-likeness (QED) is 0.898. The molecular weight excluding hydrogens is 236 g/mol. The fourth-order valence-corrected chi connectivity index (χ4v) is 3.91. The van der Waals surface area contributed by atoms with Crippen molar-refractivity contribution < 1.29 is 0 Å². The molecule has 2 heterocycles. The predicted octanol–water partition coefficient (Wildman–Crippen LogP) is 2.93. The predicted molar refractivity (Wildman–Crippen MR) is 76.4 cm³/mol. The number of nitrogens with zero attached hydrogens (tertiary/aromatic N) is 3. The zero-order valence-electron chi connectivity index (χ0n) is 11.6. The van der Waals surface area contributed by atoms with Crippen molar-refractivity contribution in [3.63, 3.8) is 0 Å². The smallest absolute Gasteiger partial charge is 0.179 e. The molecule has 0 aliphatic heterocycles. The van der Waals surface area contributed by atoms with Gasteiger partial charge >= 0.3 is 0 Å². The van der Waals surface area contributed by atoms with E-state index in [0.717, 1.165) is 28.8 Å². The molecule has 2 aliphatic carbocycles. The summed E-state index contributed by atoms with van der Waals surface area (Å²) in [7, 11) is 4.02. The van der Waals surface area contributed by atoms with Gasteiger partial charge in [0.15, 0.2) is 5.65 Å². The number of fused-ring (bicyclic) bond motifs is 3. The molecule has 2 fully saturated rings. The Morgan fingerprint density at radius 3 is 2.74 bits per heavy atom. The molecule has 2 aromatic heterocycles. The molecule has 3 atom stereocenters. The average Bonchev–Trinajstić information content (AvgIpc) is 3.11. The van der Waals surface area contributed by atoms with Gasteiger partial charge in [0.05, 0.1) is 5.52 Å². The van der Waals surface area contributed by atoms with E-state index in [4.69, 9.17) is 4.98 Å². The molecule has 4 rings (SSSR count).